The van der Waals surface area contributed by atoms with Crippen molar-refractivity contribution in [1.82, 2.24) is 0 Å². The van der Waals surface area contributed by atoms with Crippen molar-refractivity contribution < 1.29 is 5.11 Å². The molecule has 1 heteroatoms. The first-order chi connectivity index (χ1) is 10.3. The molecule has 0 aromatic carbocycles. The van der Waals surface area contributed by atoms with Gasteiger partial charge >= 0.3 is 0 Å². The van der Waals surface area contributed by atoms with Crippen LogP contribution in [-0.2, 0) is 0 Å². The molecule has 5 atom stereocenters. The number of allylic oxidation sites excluding steroid dienone is 2. The van der Waals surface area contributed by atoms with Gasteiger partial charge in [0.2, 0.25) is 0 Å². The largest absolute Gasteiger partial charge is 0.393 e. The van der Waals surface area contributed by atoms with Gasteiger partial charge in [0.1, 0.15) is 0 Å². The van der Waals surface area contributed by atoms with Gasteiger partial charge in [-0.1, -0.05) is 45.3 Å². The molecule has 0 bridgehead atoms. The van der Waals surface area contributed by atoms with E-state index in [1.807, 2.05) is 11.1 Å². The number of hydrogen-bond acceptors (Lipinski definition) is 1. The Hall–Kier alpha value is -0.300. The zero-order valence-electron chi connectivity index (χ0n) is 15.0. The summed E-state index contributed by atoms with van der Waals surface area (Å²) in [7, 11) is 0. The van der Waals surface area contributed by atoms with Crippen LogP contribution in [0.25, 0.3) is 0 Å². The van der Waals surface area contributed by atoms with Gasteiger partial charge in [0.25, 0.3) is 0 Å². The molecule has 1 N–H and O–H groups in total. The highest BCUT2D eigenvalue weighted by atomic mass is 16.3. The molecular formula is C21H34O. The zero-order valence-corrected chi connectivity index (χ0v) is 15.0. The number of fused-ring (bicyclic) bond motifs is 4. The van der Waals surface area contributed by atoms with Gasteiger partial charge in [-0.15, -0.1) is 0 Å². The lowest BCUT2D eigenvalue weighted by Gasteiger charge is -2.60. The lowest BCUT2D eigenvalue weighted by atomic mass is 9.46. The third kappa shape index (κ3) is 1.75. The molecule has 0 amide bonds. The van der Waals surface area contributed by atoms with Gasteiger partial charge in [-0.05, 0) is 79.4 Å². The minimum Gasteiger partial charge on any atom is -0.393 e. The van der Waals surface area contributed by atoms with E-state index in [-0.39, 0.29) is 11.5 Å². The fraction of sp³-hybridized carbons (Fsp3) is 0.905. The predicted octanol–water partition coefficient (Wildman–Crippen LogP) is 5.48. The van der Waals surface area contributed by atoms with Gasteiger partial charge < -0.3 is 5.11 Å². The molecule has 2 saturated carbocycles. The second-order valence-corrected chi connectivity index (χ2v) is 9.89. The number of aliphatic hydroxyl groups is 1. The van der Waals surface area contributed by atoms with Crippen LogP contribution in [0.5, 0.6) is 0 Å². The van der Waals surface area contributed by atoms with Crippen LogP contribution >= 0.6 is 0 Å². The molecule has 0 radical (unpaired) electrons. The van der Waals surface area contributed by atoms with E-state index >= 15 is 0 Å². The Bertz CT molecular complexity index is 516. The molecule has 5 unspecified atom stereocenters. The normalized spacial score (nSPS) is 50.3. The molecule has 124 valence electrons. The molecule has 2 fully saturated rings. The molecule has 4 aliphatic rings. The van der Waals surface area contributed by atoms with Crippen LogP contribution in [0.3, 0.4) is 0 Å². The first-order valence-electron chi connectivity index (χ1n) is 9.71. The van der Waals surface area contributed by atoms with Crippen molar-refractivity contribution in [2.45, 2.75) is 91.6 Å². The van der Waals surface area contributed by atoms with Crippen molar-refractivity contribution in [3.63, 3.8) is 0 Å². The molecule has 22 heavy (non-hydrogen) atoms. The molecule has 0 aromatic rings. The summed E-state index contributed by atoms with van der Waals surface area (Å²) in [5.41, 5.74) is 4.71. The van der Waals surface area contributed by atoms with Crippen LogP contribution in [0, 0.1) is 28.1 Å². The Labute approximate surface area is 136 Å². The monoisotopic (exact) mass is 302 g/mol. The van der Waals surface area contributed by atoms with Crippen molar-refractivity contribution in [2.24, 2.45) is 28.1 Å². The molecular weight excluding hydrogens is 268 g/mol. The smallest absolute Gasteiger partial charge is 0.0594 e. The summed E-state index contributed by atoms with van der Waals surface area (Å²) in [6, 6.07) is 0. The maximum Gasteiger partial charge on any atom is 0.0594 e. The van der Waals surface area contributed by atoms with Gasteiger partial charge in [0, 0.05) is 0 Å². The summed E-state index contributed by atoms with van der Waals surface area (Å²) in [5.74, 6) is 1.64. The maximum absolute atomic E-state index is 10.6. The predicted molar refractivity (Wildman–Crippen MR) is 91.6 cm³/mol. The van der Waals surface area contributed by atoms with E-state index in [1.54, 1.807) is 0 Å². The van der Waals surface area contributed by atoms with E-state index in [0.717, 1.165) is 12.3 Å². The molecule has 0 aromatic heterocycles. The van der Waals surface area contributed by atoms with E-state index in [4.69, 9.17) is 0 Å². The van der Waals surface area contributed by atoms with E-state index in [0.29, 0.717) is 16.7 Å². The van der Waals surface area contributed by atoms with E-state index in [9.17, 15) is 5.11 Å². The van der Waals surface area contributed by atoms with Crippen LogP contribution < -0.4 is 0 Å². The third-order valence-electron chi connectivity index (χ3n) is 8.78. The van der Waals surface area contributed by atoms with Crippen LogP contribution in [0.15, 0.2) is 11.1 Å². The highest BCUT2D eigenvalue weighted by Crippen LogP contribution is 2.66. The summed E-state index contributed by atoms with van der Waals surface area (Å²) in [5, 5.41) is 10.6. The Morgan fingerprint density at radius 2 is 1.50 bits per heavy atom. The maximum atomic E-state index is 10.6. The number of hydrogen-bond donors (Lipinski definition) is 1. The molecule has 0 aliphatic heterocycles. The van der Waals surface area contributed by atoms with Crippen molar-refractivity contribution in [3.05, 3.63) is 11.1 Å². The summed E-state index contributed by atoms with van der Waals surface area (Å²) in [6.45, 7) is 9.80. The average Bonchev–Trinajstić information content (AvgIpc) is 2.85. The van der Waals surface area contributed by atoms with E-state index in [1.165, 1.54) is 51.4 Å². The molecule has 0 heterocycles. The molecule has 0 spiro atoms. The average molecular weight is 303 g/mol. The lowest BCUT2D eigenvalue weighted by Crippen LogP contribution is -2.53. The molecule has 0 saturated heterocycles. The summed E-state index contributed by atoms with van der Waals surface area (Å²) >= 11 is 0. The second-order valence-electron chi connectivity index (χ2n) is 9.89. The quantitative estimate of drug-likeness (QED) is 0.587. The van der Waals surface area contributed by atoms with Crippen LogP contribution in [0.2, 0.25) is 0 Å². The van der Waals surface area contributed by atoms with Crippen molar-refractivity contribution in [1.29, 1.82) is 0 Å². The topological polar surface area (TPSA) is 20.2 Å². The molecule has 1 nitrogen and oxygen atoms in total. The Morgan fingerprint density at radius 1 is 0.818 bits per heavy atom. The first-order valence-corrected chi connectivity index (χ1v) is 9.71. The van der Waals surface area contributed by atoms with Gasteiger partial charge in [0.15, 0.2) is 0 Å². The summed E-state index contributed by atoms with van der Waals surface area (Å²) in [4.78, 5) is 0. The second kappa shape index (κ2) is 4.62. The fourth-order valence-electron chi connectivity index (χ4n) is 7.36. The van der Waals surface area contributed by atoms with Crippen molar-refractivity contribution in [2.75, 3.05) is 0 Å². The number of aliphatic hydroxyl groups excluding tert-OH is 1. The highest BCUT2D eigenvalue weighted by Gasteiger charge is 2.57. The van der Waals surface area contributed by atoms with Crippen molar-refractivity contribution in [3.8, 4) is 0 Å². The van der Waals surface area contributed by atoms with Gasteiger partial charge in [-0.25, -0.2) is 0 Å². The minimum absolute atomic E-state index is 0.0823. The van der Waals surface area contributed by atoms with Gasteiger partial charge in [-0.2, -0.15) is 0 Å². The third-order valence-corrected chi connectivity index (χ3v) is 8.78. The Balaban J connectivity index is 1.80. The standard InChI is InChI=1S/C21H34O/c1-19(2)17-10-9-15-16(21(17,4)13-11-18(19)22)8-7-14-6-5-12-20(14,15)3/h14,17-18,22H,5-13H2,1-4H3. The van der Waals surface area contributed by atoms with Crippen LogP contribution in [0.4, 0.5) is 0 Å². The lowest BCUT2D eigenvalue weighted by molar-refractivity contribution is -0.0927. The van der Waals surface area contributed by atoms with E-state index in [2.05, 4.69) is 27.7 Å². The molecule has 4 rings (SSSR count). The zero-order chi connectivity index (χ0) is 15.8. The fourth-order valence-corrected chi connectivity index (χ4v) is 7.36. The van der Waals surface area contributed by atoms with Crippen LogP contribution in [-0.4, -0.2) is 11.2 Å². The van der Waals surface area contributed by atoms with Crippen LogP contribution in [0.1, 0.15) is 85.5 Å². The minimum atomic E-state index is -0.105. The highest BCUT2D eigenvalue weighted by molar-refractivity contribution is 5.36. The Morgan fingerprint density at radius 3 is 2.27 bits per heavy atom. The first kappa shape index (κ1) is 15.2. The van der Waals surface area contributed by atoms with Gasteiger partial charge in [0.05, 0.1) is 6.10 Å². The number of rotatable bonds is 0. The van der Waals surface area contributed by atoms with Gasteiger partial charge in [-0.3, -0.25) is 0 Å². The Kier molecular flexibility index (Phi) is 3.20. The summed E-state index contributed by atoms with van der Waals surface area (Å²) in [6.07, 6.45) is 11.9. The van der Waals surface area contributed by atoms with Crippen molar-refractivity contribution >= 4 is 0 Å². The van der Waals surface area contributed by atoms with E-state index < -0.39 is 0 Å². The summed E-state index contributed by atoms with van der Waals surface area (Å²) < 4.78 is 0. The SMILES string of the molecule is CC12CCCC1CCC1=C2CCC2C1(C)CCC(O)C2(C)C. The molecule has 4 aliphatic carbocycles.